The molecule has 1 aromatic carbocycles. The molecule has 4 heteroatoms. The van der Waals surface area contributed by atoms with Crippen molar-refractivity contribution in [2.24, 2.45) is 5.92 Å². The van der Waals surface area contributed by atoms with Gasteiger partial charge in [-0.15, -0.1) is 0 Å². The first-order valence-corrected chi connectivity index (χ1v) is 5.47. The van der Waals surface area contributed by atoms with Gasteiger partial charge in [-0.25, -0.2) is 4.79 Å². The van der Waals surface area contributed by atoms with Crippen LogP contribution >= 0.6 is 0 Å². The molecule has 1 atom stereocenters. The standard InChI is InChI=1S/C12H16N2O2/c1-7(8-2-3-8)14-9-4-5-11(13)10(6-9)12(15)16/h4-8,14H,2-3,13H2,1H3,(H,15,16). The van der Waals surface area contributed by atoms with Crippen LogP contribution in [0.5, 0.6) is 0 Å². The van der Waals surface area contributed by atoms with Crippen LogP contribution in [0.25, 0.3) is 0 Å². The summed E-state index contributed by atoms with van der Waals surface area (Å²) in [4.78, 5) is 10.9. The van der Waals surface area contributed by atoms with Gasteiger partial charge in [-0.1, -0.05) is 0 Å². The van der Waals surface area contributed by atoms with E-state index in [2.05, 4.69) is 12.2 Å². The zero-order valence-electron chi connectivity index (χ0n) is 9.23. The van der Waals surface area contributed by atoms with Gasteiger partial charge in [-0.3, -0.25) is 0 Å². The maximum Gasteiger partial charge on any atom is 0.337 e. The molecule has 1 aliphatic carbocycles. The summed E-state index contributed by atoms with van der Waals surface area (Å²) in [5.74, 6) is -0.258. The molecule has 0 spiro atoms. The maximum atomic E-state index is 10.9. The number of carboxylic acids is 1. The lowest BCUT2D eigenvalue weighted by molar-refractivity contribution is 0.0698. The van der Waals surface area contributed by atoms with Crippen LogP contribution in [0.4, 0.5) is 11.4 Å². The lowest BCUT2D eigenvalue weighted by Crippen LogP contribution is -2.17. The monoisotopic (exact) mass is 220 g/mol. The minimum absolute atomic E-state index is 0.160. The number of aromatic carboxylic acids is 1. The normalized spacial score (nSPS) is 16.8. The Labute approximate surface area is 94.5 Å². The number of nitrogens with one attached hydrogen (secondary N) is 1. The Hall–Kier alpha value is -1.71. The molecule has 0 saturated heterocycles. The lowest BCUT2D eigenvalue weighted by Gasteiger charge is -2.15. The number of nitrogens with two attached hydrogens (primary N) is 1. The zero-order chi connectivity index (χ0) is 11.7. The van der Waals surface area contributed by atoms with Gasteiger partial charge < -0.3 is 16.2 Å². The van der Waals surface area contributed by atoms with Crippen molar-refractivity contribution in [2.75, 3.05) is 11.1 Å². The van der Waals surface area contributed by atoms with E-state index in [0.29, 0.717) is 11.7 Å². The van der Waals surface area contributed by atoms with Crippen LogP contribution in [0.2, 0.25) is 0 Å². The average molecular weight is 220 g/mol. The Balaban J connectivity index is 2.15. The van der Waals surface area contributed by atoms with Crippen LogP contribution in [0.1, 0.15) is 30.1 Å². The molecule has 4 nitrogen and oxygen atoms in total. The summed E-state index contributed by atoms with van der Waals surface area (Å²) in [6.45, 7) is 2.12. The van der Waals surface area contributed by atoms with Crippen LogP contribution in [0.3, 0.4) is 0 Å². The van der Waals surface area contributed by atoms with Gasteiger partial charge in [0.05, 0.1) is 5.56 Å². The number of rotatable bonds is 4. The molecule has 0 bridgehead atoms. The third kappa shape index (κ3) is 2.27. The summed E-state index contributed by atoms with van der Waals surface area (Å²) in [6.07, 6.45) is 2.52. The SMILES string of the molecule is CC(Nc1ccc(N)c(C(=O)O)c1)C1CC1. The molecule has 0 heterocycles. The summed E-state index contributed by atoms with van der Waals surface area (Å²) in [5, 5.41) is 12.2. The minimum atomic E-state index is -0.986. The van der Waals surface area contributed by atoms with E-state index in [9.17, 15) is 4.79 Å². The summed E-state index contributed by atoms with van der Waals surface area (Å²) in [6, 6.07) is 5.44. The van der Waals surface area contributed by atoms with Gasteiger partial charge in [-0.2, -0.15) is 0 Å². The predicted octanol–water partition coefficient (Wildman–Crippen LogP) is 2.18. The van der Waals surface area contributed by atoms with Gasteiger partial charge in [0.15, 0.2) is 0 Å². The minimum Gasteiger partial charge on any atom is -0.478 e. The van der Waals surface area contributed by atoms with Crippen LogP contribution in [0.15, 0.2) is 18.2 Å². The number of anilines is 2. The molecule has 2 rings (SSSR count). The summed E-state index contributed by atoms with van der Waals surface area (Å²) < 4.78 is 0. The molecular formula is C12H16N2O2. The first-order chi connectivity index (χ1) is 7.58. The number of carboxylic acid groups (broad SMARTS) is 1. The summed E-state index contributed by atoms with van der Waals surface area (Å²) in [5.41, 5.74) is 6.87. The number of hydrogen-bond donors (Lipinski definition) is 3. The zero-order valence-corrected chi connectivity index (χ0v) is 9.23. The molecule has 16 heavy (non-hydrogen) atoms. The van der Waals surface area contributed by atoms with Crippen molar-refractivity contribution in [3.05, 3.63) is 23.8 Å². The molecule has 0 radical (unpaired) electrons. The average Bonchev–Trinajstić information content (AvgIpc) is 3.03. The molecule has 86 valence electrons. The van der Waals surface area contributed by atoms with Crippen LogP contribution in [0, 0.1) is 5.92 Å². The fourth-order valence-electron chi connectivity index (χ4n) is 1.81. The van der Waals surface area contributed by atoms with E-state index < -0.39 is 5.97 Å². The van der Waals surface area contributed by atoms with Crippen molar-refractivity contribution in [3.8, 4) is 0 Å². The van der Waals surface area contributed by atoms with Gasteiger partial charge >= 0.3 is 5.97 Å². The second-order valence-corrected chi connectivity index (χ2v) is 4.38. The van der Waals surface area contributed by atoms with Gasteiger partial charge in [0.1, 0.15) is 0 Å². The van der Waals surface area contributed by atoms with Gasteiger partial charge in [0, 0.05) is 17.4 Å². The number of hydrogen-bond acceptors (Lipinski definition) is 3. The third-order valence-corrected chi connectivity index (χ3v) is 3.01. The fourth-order valence-corrected chi connectivity index (χ4v) is 1.81. The van der Waals surface area contributed by atoms with Crippen LogP contribution in [-0.2, 0) is 0 Å². The molecule has 1 aromatic rings. The summed E-state index contributed by atoms with van der Waals surface area (Å²) in [7, 11) is 0. The van der Waals surface area contributed by atoms with Crippen molar-refractivity contribution in [1.29, 1.82) is 0 Å². The number of benzene rings is 1. The molecule has 0 aromatic heterocycles. The van der Waals surface area contributed by atoms with Gasteiger partial charge in [0.2, 0.25) is 0 Å². The Bertz CT molecular complexity index is 413. The summed E-state index contributed by atoms with van der Waals surface area (Å²) >= 11 is 0. The largest absolute Gasteiger partial charge is 0.478 e. The molecule has 0 amide bonds. The second kappa shape index (κ2) is 4.04. The Morgan fingerprint density at radius 2 is 2.25 bits per heavy atom. The van der Waals surface area contributed by atoms with Crippen molar-refractivity contribution in [2.45, 2.75) is 25.8 Å². The topological polar surface area (TPSA) is 75.3 Å². The Morgan fingerprint density at radius 3 is 2.81 bits per heavy atom. The highest BCUT2D eigenvalue weighted by molar-refractivity contribution is 5.94. The third-order valence-electron chi connectivity index (χ3n) is 3.01. The van der Waals surface area contributed by atoms with Crippen LogP contribution in [-0.4, -0.2) is 17.1 Å². The van der Waals surface area contributed by atoms with Crippen molar-refractivity contribution >= 4 is 17.3 Å². The number of nitrogen functional groups attached to an aromatic ring is 1. The van der Waals surface area contributed by atoms with E-state index >= 15 is 0 Å². The maximum absolute atomic E-state index is 10.9. The molecule has 1 unspecified atom stereocenters. The molecule has 4 N–H and O–H groups in total. The molecule has 1 fully saturated rings. The van der Waals surface area contributed by atoms with Crippen molar-refractivity contribution < 1.29 is 9.90 Å². The Morgan fingerprint density at radius 1 is 1.56 bits per heavy atom. The predicted molar refractivity (Wildman–Crippen MR) is 63.6 cm³/mol. The first kappa shape index (κ1) is 10.8. The van der Waals surface area contributed by atoms with E-state index in [0.717, 1.165) is 11.6 Å². The number of carbonyl (C=O) groups is 1. The van der Waals surface area contributed by atoms with Gasteiger partial charge in [0.25, 0.3) is 0 Å². The van der Waals surface area contributed by atoms with Crippen LogP contribution < -0.4 is 11.1 Å². The highest BCUT2D eigenvalue weighted by Gasteiger charge is 2.27. The Kier molecular flexibility index (Phi) is 2.73. The molecule has 0 aliphatic heterocycles. The molecular weight excluding hydrogens is 204 g/mol. The van der Waals surface area contributed by atoms with Crippen molar-refractivity contribution in [3.63, 3.8) is 0 Å². The molecule has 1 saturated carbocycles. The highest BCUT2D eigenvalue weighted by atomic mass is 16.4. The van der Waals surface area contributed by atoms with E-state index in [1.807, 2.05) is 6.07 Å². The van der Waals surface area contributed by atoms with Gasteiger partial charge in [-0.05, 0) is 43.9 Å². The van der Waals surface area contributed by atoms with E-state index in [-0.39, 0.29) is 5.56 Å². The van der Waals surface area contributed by atoms with E-state index in [4.69, 9.17) is 10.8 Å². The fraction of sp³-hybridized carbons (Fsp3) is 0.417. The second-order valence-electron chi connectivity index (χ2n) is 4.38. The smallest absolute Gasteiger partial charge is 0.337 e. The first-order valence-electron chi connectivity index (χ1n) is 5.47. The van der Waals surface area contributed by atoms with E-state index in [1.54, 1.807) is 12.1 Å². The quantitative estimate of drug-likeness (QED) is 0.680. The van der Waals surface area contributed by atoms with Crippen molar-refractivity contribution in [1.82, 2.24) is 0 Å². The lowest BCUT2D eigenvalue weighted by atomic mass is 10.1. The molecule has 1 aliphatic rings. The highest BCUT2D eigenvalue weighted by Crippen LogP contribution is 2.34. The van der Waals surface area contributed by atoms with E-state index in [1.165, 1.54) is 12.8 Å².